The molecular weight excluding hydrogens is 374 g/mol. The van der Waals surface area contributed by atoms with Crippen molar-refractivity contribution in [2.75, 3.05) is 19.5 Å². The van der Waals surface area contributed by atoms with E-state index in [-0.39, 0.29) is 6.42 Å². The maximum atomic E-state index is 12.4. The molecule has 1 atom stereocenters. The molecule has 0 saturated carbocycles. The summed E-state index contributed by atoms with van der Waals surface area (Å²) in [5.41, 5.74) is 3.01. The summed E-state index contributed by atoms with van der Waals surface area (Å²) < 4.78 is 21.2. The normalized spacial score (nSPS) is 11.7. The minimum Gasteiger partial charge on any atom is -0.493 e. The number of hydrogen-bond donors (Lipinski definition) is 1. The number of carbonyl (C=O) groups excluding carboxylic acids is 2. The van der Waals surface area contributed by atoms with Crippen LogP contribution in [-0.2, 0) is 20.7 Å². The van der Waals surface area contributed by atoms with Crippen LogP contribution in [0.4, 0.5) is 5.69 Å². The Kier molecular flexibility index (Phi) is 6.07. The molecule has 29 heavy (non-hydrogen) atoms. The van der Waals surface area contributed by atoms with Crippen molar-refractivity contribution >= 4 is 28.5 Å². The van der Waals surface area contributed by atoms with Gasteiger partial charge in [0.05, 0.1) is 26.9 Å². The summed E-state index contributed by atoms with van der Waals surface area (Å²) in [6.45, 7) is 3.49. The molecule has 2 aromatic carbocycles. The average molecular weight is 397 g/mol. The van der Waals surface area contributed by atoms with Crippen molar-refractivity contribution in [1.82, 2.24) is 0 Å². The van der Waals surface area contributed by atoms with Crippen LogP contribution in [-0.4, -0.2) is 32.2 Å². The molecule has 0 spiro atoms. The van der Waals surface area contributed by atoms with Crippen molar-refractivity contribution in [3.63, 3.8) is 0 Å². The molecule has 0 unspecified atom stereocenters. The van der Waals surface area contributed by atoms with Gasteiger partial charge in [-0.15, -0.1) is 0 Å². The van der Waals surface area contributed by atoms with E-state index >= 15 is 0 Å². The van der Waals surface area contributed by atoms with Gasteiger partial charge in [-0.25, -0.2) is 0 Å². The van der Waals surface area contributed by atoms with Crippen LogP contribution in [0.1, 0.15) is 18.1 Å². The number of ether oxygens (including phenoxy) is 3. The van der Waals surface area contributed by atoms with E-state index in [4.69, 9.17) is 18.6 Å². The number of anilines is 1. The van der Waals surface area contributed by atoms with E-state index in [9.17, 15) is 9.59 Å². The second-order valence-corrected chi connectivity index (χ2v) is 6.63. The van der Waals surface area contributed by atoms with Gasteiger partial charge in [0.1, 0.15) is 5.58 Å². The third-order valence-corrected chi connectivity index (χ3v) is 4.47. The number of fused-ring (bicyclic) bond motifs is 1. The highest BCUT2D eigenvalue weighted by Crippen LogP contribution is 2.30. The van der Waals surface area contributed by atoms with Crippen LogP contribution in [0.5, 0.6) is 11.5 Å². The average Bonchev–Trinajstić information content (AvgIpc) is 3.09. The lowest BCUT2D eigenvalue weighted by atomic mass is 10.1. The molecular formula is C22H23NO6. The molecule has 7 nitrogen and oxygen atoms in total. The molecule has 1 amide bonds. The van der Waals surface area contributed by atoms with E-state index in [1.165, 1.54) is 21.1 Å². The summed E-state index contributed by atoms with van der Waals surface area (Å²) in [7, 11) is 3.04. The Labute approximate surface area is 168 Å². The number of methoxy groups -OCH3 is 2. The van der Waals surface area contributed by atoms with Crippen molar-refractivity contribution in [3.05, 3.63) is 53.8 Å². The third-order valence-electron chi connectivity index (χ3n) is 4.47. The van der Waals surface area contributed by atoms with Crippen molar-refractivity contribution in [3.8, 4) is 11.5 Å². The highest BCUT2D eigenvalue weighted by Gasteiger charge is 2.20. The molecule has 3 aromatic rings. The molecule has 0 aliphatic rings. The lowest BCUT2D eigenvalue weighted by Crippen LogP contribution is -2.30. The standard InChI is InChI=1S/C22H23NO6/c1-13-5-7-17-15(12-28-19(17)9-13)10-21(24)29-14(2)22(25)23-16-6-8-18(26-3)20(11-16)27-4/h5-9,11-12,14H,10H2,1-4H3,(H,23,25)/t14-/m1/s1. The molecule has 0 aliphatic heterocycles. The summed E-state index contributed by atoms with van der Waals surface area (Å²) in [5.74, 6) is 0.0750. The van der Waals surface area contributed by atoms with E-state index in [0.29, 0.717) is 22.8 Å². The lowest BCUT2D eigenvalue weighted by molar-refractivity contribution is -0.152. The molecule has 3 rings (SSSR count). The fourth-order valence-electron chi connectivity index (χ4n) is 2.93. The fraction of sp³-hybridized carbons (Fsp3) is 0.273. The number of esters is 1. The van der Waals surface area contributed by atoms with Gasteiger partial charge in [0.15, 0.2) is 17.6 Å². The Morgan fingerprint density at radius 3 is 2.55 bits per heavy atom. The van der Waals surface area contributed by atoms with Crippen LogP contribution in [0.3, 0.4) is 0 Å². The quantitative estimate of drug-likeness (QED) is 0.609. The van der Waals surface area contributed by atoms with Crippen LogP contribution in [0.2, 0.25) is 0 Å². The SMILES string of the molecule is COc1ccc(NC(=O)[C@@H](C)OC(=O)Cc2coc3cc(C)ccc23)cc1OC. The molecule has 0 fully saturated rings. The number of nitrogens with one attached hydrogen (secondary N) is 1. The Balaban J connectivity index is 1.61. The molecule has 7 heteroatoms. The number of hydrogen-bond acceptors (Lipinski definition) is 6. The first kappa shape index (κ1) is 20.3. The monoisotopic (exact) mass is 397 g/mol. The molecule has 0 aliphatic carbocycles. The van der Waals surface area contributed by atoms with Gasteiger partial charge in [0.25, 0.3) is 5.91 Å². The van der Waals surface area contributed by atoms with Gasteiger partial charge in [-0.3, -0.25) is 9.59 Å². The Bertz CT molecular complexity index is 1040. The first-order valence-corrected chi connectivity index (χ1v) is 9.10. The largest absolute Gasteiger partial charge is 0.493 e. The number of carbonyl (C=O) groups is 2. The molecule has 152 valence electrons. The van der Waals surface area contributed by atoms with Crippen LogP contribution in [0.25, 0.3) is 11.0 Å². The summed E-state index contributed by atoms with van der Waals surface area (Å²) in [5, 5.41) is 3.55. The van der Waals surface area contributed by atoms with Crippen molar-refractivity contribution < 1.29 is 28.2 Å². The van der Waals surface area contributed by atoms with Gasteiger partial charge in [0.2, 0.25) is 0 Å². The van der Waals surface area contributed by atoms with Gasteiger partial charge in [-0.05, 0) is 37.6 Å². The molecule has 1 aromatic heterocycles. The second kappa shape index (κ2) is 8.68. The summed E-state index contributed by atoms with van der Waals surface area (Å²) in [6.07, 6.45) is 0.597. The maximum Gasteiger partial charge on any atom is 0.311 e. The van der Waals surface area contributed by atoms with Crippen molar-refractivity contribution in [2.45, 2.75) is 26.4 Å². The Hall–Kier alpha value is -3.48. The summed E-state index contributed by atoms with van der Waals surface area (Å²) in [4.78, 5) is 24.7. The fourth-order valence-corrected chi connectivity index (χ4v) is 2.93. The first-order valence-electron chi connectivity index (χ1n) is 9.10. The van der Waals surface area contributed by atoms with E-state index in [0.717, 1.165) is 16.5 Å². The van der Waals surface area contributed by atoms with Crippen molar-refractivity contribution in [2.24, 2.45) is 0 Å². The highest BCUT2D eigenvalue weighted by atomic mass is 16.5. The van der Waals surface area contributed by atoms with Gasteiger partial charge < -0.3 is 23.9 Å². The zero-order valence-corrected chi connectivity index (χ0v) is 16.8. The maximum absolute atomic E-state index is 12.4. The molecule has 1 heterocycles. The Morgan fingerprint density at radius 1 is 1.07 bits per heavy atom. The lowest BCUT2D eigenvalue weighted by Gasteiger charge is -2.14. The number of furan rings is 1. The topological polar surface area (TPSA) is 87.0 Å². The predicted octanol–water partition coefficient (Wildman–Crippen LogP) is 3.87. The minimum absolute atomic E-state index is 0.0179. The van der Waals surface area contributed by atoms with E-state index in [2.05, 4.69) is 5.32 Å². The van der Waals surface area contributed by atoms with Crippen LogP contribution in [0, 0.1) is 6.92 Å². The van der Waals surface area contributed by atoms with Gasteiger partial charge in [-0.2, -0.15) is 0 Å². The van der Waals surface area contributed by atoms with Crippen molar-refractivity contribution in [1.29, 1.82) is 0 Å². The molecule has 0 bridgehead atoms. The van der Waals surface area contributed by atoms with Crippen LogP contribution in [0.15, 0.2) is 47.1 Å². The number of benzene rings is 2. The number of rotatable bonds is 7. The smallest absolute Gasteiger partial charge is 0.311 e. The predicted molar refractivity (Wildman–Crippen MR) is 108 cm³/mol. The highest BCUT2D eigenvalue weighted by molar-refractivity contribution is 5.95. The van der Waals surface area contributed by atoms with Gasteiger partial charge in [0, 0.05) is 22.7 Å². The summed E-state index contributed by atoms with van der Waals surface area (Å²) in [6, 6.07) is 10.7. The minimum atomic E-state index is -0.962. The summed E-state index contributed by atoms with van der Waals surface area (Å²) >= 11 is 0. The van der Waals surface area contributed by atoms with Gasteiger partial charge in [-0.1, -0.05) is 12.1 Å². The van der Waals surface area contributed by atoms with E-state index in [1.807, 2.05) is 25.1 Å². The molecule has 1 N–H and O–H groups in total. The zero-order valence-electron chi connectivity index (χ0n) is 16.8. The second-order valence-electron chi connectivity index (χ2n) is 6.63. The number of aryl methyl sites for hydroxylation is 1. The van der Waals surface area contributed by atoms with Crippen LogP contribution >= 0.6 is 0 Å². The number of amides is 1. The molecule has 0 radical (unpaired) electrons. The van der Waals surface area contributed by atoms with E-state index in [1.54, 1.807) is 24.5 Å². The molecule has 0 saturated heterocycles. The zero-order chi connectivity index (χ0) is 21.0. The Morgan fingerprint density at radius 2 is 1.83 bits per heavy atom. The van der Waals surface area contributed by atoms with Gasteiger partial charge >= 0.3 is 5.97 Å². The van der Waals surface area contributed by atoms with Crippen LogP contribution < -0.4 is 14.8 Å². The van der Waals surface area contributed by atoms with E-state index < -0.39 is 18.0 Å². The first-order chi connectivity index (χ1) is 13.9. The third kappa shape index (κ3) is 4.68.